The topological polar surface area (TPSA) is 77.7 Å². The lowest BCUT2D eigenvalue weighted by atomic mass is 9.68. The van der Waals surface area contributed by atoms with E-state index in [1.807, 2.05) is 0 Å². The van der Waals surface area contributed by atoms with Crippen LogP contribution < -0.4 is 5.32 Å². The first-order valence-electron chi connectivity index (χ1n) is 14.5. The predicted molar refractivity (Wildman–Crippen MR) is 144 cm³/mol. The van der Waals surface area contributed by atoms with E-state index in [1.165, 1.54) is 29.4 Å². The number of benzene rings is 1. The van der Waals surface area contributed by atoms with E-state index in [2.05, 4.69) is 46.6 Å². The molecule has 1 unspecified atom stereocenters. The fraction of sp³-hybridized carbons (Fsp3) is 0.667. The molecule has 0 bridgehead atoms. The van der Waals surface area contributed by atoms with Crippen LogP contribution in [-0.4, -0.2) is 65.5 Å². The number of amides is 3. The number of ether oxygens (including phenoxy) is 1. The number of likely N-dealkylation sites (tertiary alicyclic amines) is 1. The summed E-state index contributed by atoms with van der Waals surface area (Å²) in [5, 5.41) is 4.51. The number of imide groups is 1. The number of aromatic nitrogens is 1. The number of aromatic amines is 1. The molecule has 3 atom stereocenters. The monoisotopic (exact) mass is 506 g/mol. The van der Waals surface area contributed by atoms with Crippen molar-refractivity contribution in [1.29, 1.82) is 0 Å². The standard InChI is InChI=1S/C30H42N4O3/c1-33-19-21(17-30(37-2)24-14-9-15-25-27(24)20(18-31-25)16-26(30)33)28(35)34(23-12-7-4-8-13-23)29(36)32-22-10-5-3-6-11-22/h9,14-15,18,21-23,26,31H,3-8,10-13,16-17,19H2,1-2H3,(H,32,36)/t21-,26-,30?/m1/s1. The molecule has 3 amide bonds. The van der Waals surface area contributed by atoms with Gasteiger partial charge in [0.05, 0.1) is 5.92 Å². The molecular formula is C30H42N4O3. The molecule has 2 saturated carbocycles. The highest BCUT2D eigenvalue weighted by molar-refractivity contribution is 5.96. The lowest BCUT2D eigenvalue weighted by molar-refractivity contribution is -0.155. The van der Waals surface area contributed by atoms with Crippen LogP contribution >= 0.6 is 0 Å². The third kappa shape index (κ3) is 4.28. The minimum absolute atomic E-state index is 0.00238. The van der Waals surface area contributed by atoms with Gasteiger partial charge in [0.2, 0.25) is 5.91 Å². The van der Waals surface area contributed by atoms with Gasteiger partial charge in [-0.15, -0.1) is 0 Å². The summed E-state index contributed by atoms with van der Waals surface area (Å²) in [7, 11) is 3.90. The number of nitrogens with one attached hydrogen (secondary N) is 2. The van der Waals surface area contributed by atoms with Crippen LogP contribution in [0.4, 0.5) is 4.79 Å². The second kappa shape index (κ2) is 10.1. The van der Waals surface area contributed by atoms with E-state index in [9.17, 15) is 9.59 Å². The van der Waals surface area contributed by atoms with Gasteiger partial charge in [0.1, 0.15) is 5.60 Å². The van der Waals surface area contributed by atoms with Gasteiger partial charge in [-0.25, -0.2) is 4.79 Å². The Bertz CT molecular complexity index is 1150. The number of carbonyl (C=O) groups is 2. The molecule has 2 heterocycles. The maximum Gasteiger partial charge on any atom is 0.324 e. The first-order chi connectivity index (χ1) is 18.0. The van der Waals surface area contributed by atoms with Crippen molar-refractivity contribution in [2.24, 2.45) is 5.92 Å². The maximum absolute atomic E-state index is 14.4. The average molecular weight is 507 g/mol. The Hall–Kier alpha value is -2.38. The molecule has 3 aliphatic carbocycles. The molecule has 200 valence electrons. The number of nitrogens with zero attached hydrogens (tertiary/aromatic N) is 2. The lowest BCUT2D eigenvalue weighted by Crippen LogP contribution is -2.63. The minimum atomic E-state index is -0.583. The van der Waals surface area contributed by atoms with E-state index in [1.54, 1.807) is 12.0 Å². The molecule has 37 heavy (non-hydrogen) atoms. The van der Waals surface area contributed by atoms with Crippen molar-refractivity contribution in [2.75, 3.05) is 20.7 Å². The molecule has 1 aromatic carbocycles. The molecule has 3 fully saturated rings. The number of urea groups is 1. The summed E-state index contributed by atoms with van der Waals surface area (Å²) in [6.45, 7) is 0.643. The Balaban J connectivity index is 1.32. The van der Waals surface area contributed by atoms with Crippen molar-refractivity contribution in [3.63, 3.8) is 0 Å². The molecule has 7 heteroatoms. The van der Waals surface area contributed by atoms with Crippen LogP contribution in [0.25, 0.3) is 10.9 Å². The number of hydrogen-bond donors (Lipinski definition) is 2. The number of carbonyl (C=O) groups excluding carboxylic acids is 2. The molecule has 7 nitrogen and oxygen atoms in total. The van der Waals surface area contributed by atoms with Gasteiger partial charge >= 0.3 is 6.03 Å². The van der Waals surface area contributed by atoms with E-state index >= 15 is 0 Å². The van der Waals surface area contributed by atoms with Crippen LogP contribution in [0.3, 0.4) is 0 Å². The van der Waals surface area contributed by atoms with Gasteiger partial charge in [-0.1, -0.05) is 50.7 Å². The lowest BCUT2D eigenvalue weighted by Gasteiger charge is -2.53. The van der Waals surface area contributed by atoms with Gasteiger partial charge in [0.15, 0.2) is 0 Å². The van der Waals surface area contributed by atoms with Gasteiger partial charge in [-0.2, -0.15) is 0 Å². The van der Waals surface area contributed by atoms with Gasteiger partial charge in [0, 0.05) is 48.9 Å². The SMILES string of the molecule is COC12C[C@@H](C(=O)N(C(=O)NC3CCCCC3)C3CCCCC3)CN(C)[C@@H]1Cc1c[nH]c3cccc2c13. The largest absolute Gasteiger partial charge is 0.372 e. The summed E-state index contributed by atoms with van der Waals surface area (Å²) < 4.78 is 6.43. The zero-order valence-electron chi connectivity index (χ0n) is 22.4. The Morgan fingerprint density at radius 1 is 1.08 bits per heavy atom. The number of fused-ring (bicyclic) bond motifs is 2. The number of piperidine rings is 1. The highest BCUT2D eigenvalue weighted by Crippen LogP contribution is 2.49. The summed E-state index contributed by atoms with van der Waals surface area (Å²) >= 11 is 0. The van der Waals surface area contributed by atoms with Crippen molar-refractivity contribution >= 4 is 22.8 Å². The van der Waals surface area contributed by atoms with Gasteiger partial charge in [-0.05, 0) is 62.8 Å². The Morgan fingerprint density at radius 2 is 1.81 bits per heavy atom. The third-order valence-electron chi connectivity index (χ3n) is 9.83. The van der Waals surface area contributed by atoms with Gasteiger partial charge < -0.3 is 15.0 Å². The van der Waals surface area contributed by atoms with Crippen LogP contribution in [0, 0.1) is 5.92 Å². The fourth-order valence-corrected chi connectivity index (χ4v) is 7.95. The van der Waals surface area contributed by atoms with Crippen molar-refractivity contribution in [2.45, 2.75) is 101 Å². The first kappa shape index (κ1) is 24.9. The van der Waals surface area contributed by atoms with Crippen LogP contribution in [0.1, 0.15) is 81.8 Å². The number of rotatable bonds is 4. The molecule has 0 spiro atoms. The minimum Gasteiger partial charge on any atom is -0.372 e. The second-order valence-corrected chi connectivity index (χ2v) is 12.0. The molecule has 1 saturated heterocycles. The average Bonchev–Trinajstić information content (AvgIpc) is 3.34. The predicted octanol–water partition coefficient (Wildman–Crippen LogP) is 5.09. The molecule has 2 N–H and O–H groups in total. The smallest absolute Gasteiger partial charge is 0.324 e. The van der Waals surface area contributed by atoms with E-state index in [-0.39, 0.29) is 36.0 Å². The molecule has 2 aromatic rings. The summed E-state index contributed by atoms with van der Waals surface area (Å²) in [6, 6.07) is 6.53. The Labute approximate surface area is 220 Å². The maximum atomic E-state index is 14.4. The summed E-state index contributed by atoms with van der Waals surface area (Å²) in [5.74, 6) is -0.315. The number of H-pyrrole nitrogens is 1. The third-order valence-corrected chi connectivity index (χ3v) is 9.83. The Kier molecular flexibility index (Phi) is 6.78. The molecule has 4 aliphatic rings. The summed E-state index contributed by atoms with van der Waals surface area (Å²) in [4.78, 5) is 35.5. The normalized spacial score (nSPS) is 29.1. The highest BCUT2D eigenvalue weighted by atomic mass is 16.5. The molecular weight excluding hydrogens is 464 g/mol. The van der Waals surface area contributed by atoms with E-state index < -0.39 is 5.60 Å². The zero-order valence-corrected chi connectivity index (χ0v) is 22.4. The zero-order chi connectivity index (χ0) is 25.6. The van der Waals surface area contributed by atoms with Crippen LogP contribution in [0.2, 0.25) is 0 Å². The number of likely N-dealkylation sites (N-methyl/N-ethyl adjacent to an activating group) is 1. The fourth-order valence-electron chi connectivity index (χ4n) is 7.95. The van der Waals surface area contributed by atoms with Crippen LogP contribution in [0.15, 0.2) is 24.4 Å². The highest BCUT2D eigenvalue weighted by Gasteiger charge is 2.54. The molecule has 1 aliphatic heterocycles. The quantitative estimate of drug-likeness (QED) is 0.606. The number of methoxy groups -OCH3 is 1. The van der Waals surface area contributed by atoms with Gasteiger partial charge in [0.25, 0.3) is 0 Å². The summed E-state index contributed by atoms with van der Waals surface area (Å²) in [6.07, 6.45) is 14.4. The van der Waals surface area contributed by atoms with Crippen molar-refractivity contribution < 1.29 is 14.3 Å². The second-order valence-electron chi connectivity index (χ2n) is 12.0. The van der Waals surface area contributed by atoms with Crippen molar-refractivity contribution in [3.05, 3.63) is 35.5 Å². The van der Waals surface area contributed by atoms with E-state index in [0.717, 1.165) is 63.3 Å². The summed E-state index contributed by atoms with van der Waals surface area (Å²) in [5.41, 5.74) is 3.02. The first-order valence-corrected chi connectivity index (χ1v) is 14.5. The number of hydrogen-bond acceptors (Lipinski definition) is 4. The van der Waals surface area contributed by atoms with E-state index in [0.29, 0.717) is 13.0 Å². The van der Waals surface area contributed by atoms with Crippen molar-refractivity contribution in [1.82, 2.24) is 20.1 Å². The molecule has 1 aromatic heterocycles. The van der Waals surface area contributed by atoms with Gasteiger partial charge in [-0.3, -0.25) is 14.6 Å². The van der Waals surface area contributed by atoms with Crippen molar-refractivity contribution in [3.8, 4) is 0 Å². The molecule has 0 radical (unpaired) electrons. The van der Waals surface area contributed by atoms with E-state index in [4.69, 9.17) is 4.74 Å². The van der Waals surface area contributed by atoms with Crippen LogP contribution in [0.5, 0.6) is 0 Å². The Morgan fingerprint density at radius 3 is 2.54 bits per heavy atom. The van der Waals surface area contributed by atoms with Crippen LogP contribution in [-0.2, 0) is 21.6 Å². The molecule has 6 rings (SSSR count).